The second-order valence-corrected chi connectivity index (χ2v) is 5.38. The summed E-state index contributed by atoms with van der Waals surface area (Å²) in [5, 5.41) is 0. The Morgan fingerprint density at radius 3 is 3.00 bits per heavy atom. The van der Waals surface area contributed by atoms with Gasteiger partial charge >= 0.3 is 0 Å². The Bertz CT molecular complexity index is 464. The van der Waals surface area contributed by atoms with Crippen LogP contribution >= 0.6 is 0 Å². The van der Waals surface area contributed by atoms with Crippen molar-refractivity contribution in [2.45, 2.75) is 44.6 Å². The number of hydrogen-bond acceptors (Lipinski definition) is 2. The molecule has 96 valence electrons. The summed E-state index contributed by atoms with van der Waals surface area (Å²) in [6, 6.07) is 6.57. The first kappa shape index (κ1) is 11.8. The molecule has 18 heavy (non-hydrogen) atoms. The van der Waals surface area contributed by atoms with Crippen molar-refractivity contribution in [1.82, 2.24) is 0 Å². The molecule has 2 aliphatic rings. The number of ether oxygens (including phenoxy) is 1. The van der Waals surface area contributed by atoms with Crippen LogP contribution in [0.15, 0.2) is 29.8 Å². The summed E-state index contributed by atoms with van der Waals surface area (Å²) in [5.74, 6) is 1.04. The molecule has 0 bridgehead atoms. The molecule has 3 rings (SSSR count). The number of fused-ring (bicyclic) bond motifs is 1. The van der Waals surface area contributed by atoms with Gasteiger partial charge in [0.2, 0.25) is 0 Å². The average Bonchev–Trinajstić information content (AvgIpc) is 2.87. The average molecular weight is 243 g/mol. The van der Waals surface area contributed by atoms with Crippen molar-refractivity contribution < 1.29 is 4.74 Å². The molecule has 0 aromatic heterocycles. The lowest BCUT2D eigenvalue weighted by Gasteiger charge is -2.18. The summed E-state index contributed by atoms with van der Waals surface area (Å²) in [6.07, 6.45) is 9.57. The van der Waals surface area contributed by atoms with Crippen LogP contribution in [0.25, 0.3) is 0 Å². The minimum atomic E-state index is 0.139. The molecule has 0 radical (unpaired) electrons. The van der Waals surface area contributed by atoms with E-state index in [9.17, 15) is 0 Å². The van der Waals surface area contributed by atoms with E-state index in [1.54, 1.807) is 5.57 Å². The third-order valence-corrected chi connectivity index (χ3v) is 4.01. The van der Waals surface area contributed by atoms with E-state index in [1.807, 2.05) is 0 Å². The summed E-state index contributed by atoms with van der Waals surface area (Å²) in [7, 11) is 0. The predicted octanol–water partition coefficient (Wildman–Crippen LogP) is 3.51. The van der Waals surface area contributed by atoms with Gasteiger partial charge in [0.05, 0.1) is 6.61 Å². The fourth-order valence-electron chi connectivity index (χ4n) is 2.93. The van der Waals surface area contributed by atoms with Crippen LogP contribution in [0.3, 0.4) is 0 Å². The van der Waals surface area contributed by atoms with Crippen LogP contribution in [0.2, 0.25) is 0 Å². The van der Waals surface area contributed by atoms with Crippen molar-refractivity contribution in [3.8, 4) is 5.75 Å². The molecule has 0 saturated heterocycles. The molecule has 1 aliphatic heterocycles. The second kappa shape index (κ2) is 5.15. The molecule has 1 aromatic carbocycles. The fraction of sp³-hybridized carbons (Fsp3) is 0.500. The quantitative estimate of drug-likeness (QED) is 0.824. The molecule has 1 aliphatic carbocycles. The molecule has 0 saturated carbocycles. The van der Waals surface area contributed by atoms with E-state index in [4.69, 9.17) is 10.5 Å². The lowest BCUT2D eigenvalue weighted by molar-refractivity contribution is 0.357. The van der Waals surface area contributed by atoms with Crippen LogP contribution in [0, 0.1) is 0 Å². The van der Waals surface area contributed by atoms with E-state index < -0.39 is 0 Å². The Balaban J connectivity index is 1.72. The third-order valence-electron chi connectivity index (χ3n) is 4.01. The first-order chi connectivity index (χ1) is 8.83. The van der Waals surface area contributed by atoms with Gasteiger partial charge in [0.15, 0.2) is 0 Å². The Labute approximate surface area is 109 Å². The number of allylic oxidation sites excluding steroid dienone is 1. The van der Waals surface area contributed by atoms with Gasteiger partial charge in [-0.25, -0.2) is 0 Å². The summed E-state index contributed by atoms with van der Waals surface area (Å²) in [6.45, 7) is 0.819. The summed E-state index contributed by atoms with van der Waals surface area (Å²) >= 11 is 0. The third kappa shape index (κ3) is 2.44. The highest BCUT2D eigenvalue weighted by Crippen LogP contribution is 2.31. The van der Waals surface area contributed by atoms with E-state index in [0.29, 0.717) is 0 Å². The molecule has 0 amide bonds. The van der Waals surface area contributed by atoms with Gasteiger partial charge in [-0.3, -0.25) is 0 Å². The zero-order valence-corrected chi connectivity index (χ0v) is 10.8. The molecule has 1 heterocycles. The number of benzene rings is 1. The minimum absolute atomic E-state index is 0.139. The highest BCUT2D eigenvalue weighted by Gasteiger charge is 2.16. The van der Waals surface area contributed by atoms with Gasteiger partial charge in [0, 0.05) is 12.5 Å². The molecule has 2 heteroatoms. The molecule has 0 fully saturated rings. The van der Waals surface area contributed by atoms with Crippen molar-refractivity contribution in [3.05, 3.63) is 41.0 Å². The second-order valence-electron chi connectivity index (χ2n) is 5.38. The fourth-order valence-corrected chi connectivity index (χ4v) is 2.93. The zero-order valence-electron chi connectivity index (χ0n) is 10.8. The number of rotatable bonds is 3. The van der Waals surface area contributed by atoms with E-state index in [1.165, 1.54) is 36.8 Å². The van der Waals surface area contributed by atoms with Gasteiger partial charge < -0.3 is 10.5 Å². The van der Waals surface area contributed by atoms with Crippen LogP contribution in [-0.4, -0.2) is 6.61 Å². The van der Waals surface area contributed by atoms with Crippen molar-refractivity contribution in [2.75, 3.05) is 6.61 Å². The minimum Gasteiger partial charge on any atom is -0.493 e. The lowest BCUT2D eigenvalue weighted by atomic mass is 9.91. The van der Waals surface area contributed by atoms with Gasteiger partial charge in [-0.1, -0.05) is 23.8 Å². The van der Waals surface area contributed by atoms with E-state index in [2.05, 4.69) is 24.3 Å². The smallest absolute Gasteiger partial charge is 0.122 e. The van der Waals surface area contributed by atoms with Gasteiger partial charge in [-0.05, 0) is 49.3 Å². The van der Waals surface area contributed by atoms with E-state index in [-0.39, 0.29) is 6.04 Å². The van der Waals surface area contributed by atoms with E-state index >= 15 is 0 Å². The number of nitrogens with two attached hydrogens (primary N) is 1. The Morgan fingerprint density at radius 1 is 1.22 bits per heavy atom. The largest absolute Gasteiger partial charge is 0.493 e. The zero-order chi connectivity index (χ0) is 12.4. The van der Waals surface area contributed by atoms with Crippen LogP contribution in [0.1, 0.15) is 49.3 Å². The van der Waals surface area contributed by atoms with Gasteiger partial charge in [0.1, 0.15) is 5.75 Å². The maximum absolute atomic E-state index is 6.34. The first-order valence-corrected chi connectivity index (χ1v) is 7.02. The molecule has 1 aromatic rings. The maximum Gasteiger partial charge on any atom is 0.122 e. The lowest BCUT2D eigenvalue weighted by Crippen LogP contribution is -2.12. The highest BCUT2D eigenvalue weighted by atomic mass is 16.5. The Kier molecular flexibility index (Phi) is 3.37. The highest BCUT2D eigenvalue weighted by molar-refractivity contribution is 5.41. The molecule has 2 nitrogen and oxygen atoms in total. The van der Waals surface area contributed by atoms with Crippen LogP contribution in [-0.2, 0) is 6.42 Å². The Morgan fingerprint density at radius 2 is 2.17 bits per heavy atom. The summed E-state index contributed by atoms with van der Waals surface area (Å²) in [5.41, 5.74) is 10.5. The topological polar surface area (TPSA) is 35.2 Å². The summed E-state index contributed by atoms with van der Waals surface area (Å²) < 4.78 is 5.53. The van der Waals surface area contributed by atoms with Crippen molar-refractivity contribution >= 4 is 0 Å². The van der Waals surface area contributed by atoms with Crippen LogP contribution < -0.4 is 10.5 Å². The Hall–Kier alpha value is -1.28. The van der Waals surface area contributed by atoms with Gasteiger partial charge in [0.25, 0.3) is 0 Å². The molecule has 1 atom stereocenters. The summed E-state index contributed by atoms with van der Waals surface area (Å²) in [4.78, 5) is 0. The standard InChI is InChI=1S/C16H21NO/c17-15(10-12-4-2-1-3-5-12)13-6-7-16-14(11-13)8-9-18-16/h4,6-7,11,15H,1-3,5,8-10,17H2. The molecular formula is C16H21NO. The normalized spacial score (nSPS) is 19.9. The SMILES string of the molecule is NC(CC1=CCCCC1)c1ccc2c(c1)CCO2. The van der Waals surface area contributed by atoms with Crippen molar-refractivity contribution in [1.29, 1.82) is 0 Å². The van der Waals surface area contributed by atoms with Gasteiger partial charge in [-0.2, -0.15) is 0 Å². The van der Waals surface area contributed by atoms with Crippen molar-refractivity contribution in [2.24, 2.45) is 5.73 Å². The van der Waals surface area contributed by atoms with Gasteiger partial charge in [-0.15, -0.1) is 0 Å². The van der Waals surface area contributed by atoms with Crippen LogP contribution in [0.4, 0.5) is 0 Å². The molecule has 2 N–H and O–H groups in total. The molecule has 0 spiro atoms. The monoisotopic (exact) mass is 243 g/mol. The molecule has 1 unspecified atom stereocenters. The van der Waals surface area contributed by atoms with E-state index in [0.717, 1.165) is 25.2 Å². The van der Waals surface area contributed by atoms with Crippen molar-refractivity contribution in [3.63, 3.8) is 0 Å². The predicted molar refractivity (Wildman–Crippen MR) is 73.7 cm³/mol. The first-order valence-electron chi connectivity index (χ1n) is 7.02. The van der Waals surface area contributed by atoms with Crippen LogP contribution in [0.5, 0.6) is 5.75 Å². The maximum atomic E-state index is 6.34. The molecular weight excluding hydrogens is 222 g/mol. The number of hydrogen-bond donors (Lipinski definition) is 1.